The minimum atomic E-state index is -0.0467. The minimum absolute atomic E-state index is 0.0119. The van der Waals surface area contributed by atoms with E-state index >= 15 is 0 Å². The average Bonchev–Trinajstić information content (AvgIpc) is 2.77. The molecule has 0 saturated carbocycles. The normalized spacial score (nSPS) is 18.4. The third kappa shape index (κ3) is 3.33. The summed E-state index contributed by atoms with van der Waals surface area (Å²) in [7, 11) is 0. The molecule has 1 unspecified atom stereocenters. The SMILES string of the molecule is CCN1CCc2nc3ccccc3c(C(=O)NC3CCOc4ccc(C)cc43)c2C1. The highest BCUT2D eigenvalue weighted by Gasteiger charge is 2.28. The topological polar surface area (TPSA) is 54.5 Å². The predicted molar refractivity (Wildman–Crippen MR) is 118 cm³/mol. The van der Waals surface area contributed by atoms with Crippen molar-refractivity contribution in [2.24, 2.45) is 0 Å². The second kappa shape index (κ2) is 7.73. The number of ether oxygens (including phenoxy) is 1. The molecule has 5 heteroatoms. The highest BCUT2D eigenvalue weighted by molar-refractivity contribution is 6.08. The van der Waals surface area contributed by atoms with Crippen LogP contribution in [0.25, 0.3) is 10.9 Å². The van der Waals surface area contributed by atoms with Crippen LogP contribution in [0.3, 0.4) is 0 Å². The third-order valence-electron chi connectivity index (χ3n) is 6.31. The number of hydrogen-bond donors (Lipinski definition) is 1. The van der Waals surface area contributed by atoms with E-state index in [1.54, 1.807) is 0 Å². The van der Waals surface area contributed by atoms with E-state index in [0.717, 1.165) is 71.5 Å². The second-order valence-electron chi connectivity index (χ2n) is 8.25. The van der Waals surface area contributed by atoms with Crippen LogP contribution >= 0.6 is 0 Å². The number of likely N-dealkylation sites (N-methyl/N-ethyl adjacent to an activating group) is 1. The van der Waals surface area contributed by atoms with Crippen molar-refractivity contribution >= 4 is 16.8 Å². The molecule has 0 fully saturated rings. The maximum absolute atomic E-state index is 13.7. The largest absolute Gasteiger partial charge is 0.493 e. The van der Waals surface area contributed by atoms with E-state index in [1.807, 2.05) is 30.3 Å². The summed E-state index contributed by atoms with van der Waals surface area (Å²) in [6, 6.07) is 14.1. The van der Waals surface area contributed by atoms with Crippen LogP contribution in [0.2, 0.25) is 0 Å². The molecule has 1 amide bonds. The van der Waals surface area contributed by atoms with Gasteiger partial charge in [0.05, 0.1) is 23.7 Å². The smallest absolute Gasteiger partial charge is 0.252 e. The number of benzene rings is 2. The summed E-state index contributed by atoms with van der Waals surface area (Å²) < 4.78 is 5.82. The fourth-order valence-electron chi connectivity index (χ4n) is 4.67. The first-order valence-corrected chi connectivity index (χ1v) is 10.8. The molecule has 0 saturated heterocycles. The number of pyridine rings is 1. The zero-order chi connectivity index (χ0) is 20.7. The Morgan fingerprint density at radius 3 is 3.00 bits per heavy atom. The molecule has 3 aromatic rings. The Hall–Kier alpha value is -2.92. The lowest BCUT2D eigenvalue weighted by Gasteiger charge is -2.30. The van der Waals surface area contributed by atoms with E-state index in [9.17, 15) is 4.79 Å². The van der Waals surface area contributed by atoms with Gasteiger partial charge in [0.1, 0.15) is 5.75 Å². The molecular formula is C25H27N3O2. The van der Waals surface area contributed by atoms with Gasteiger partial charge in [0.25, 0.3) is 5.91 Å². The predicted octanol–water partition coefficient (Wildman–Crippen LogP) is 4.17. The van der Waals surface area contributed by atoms with Gasteiger partial charge in [-0.25, -0.2) is 0 Å². The van der Waals surface area contributed by atoms with Crippen LogP contribution in [0.4, 0.5) is 0 Å². The zero-order valence-corrected chi connectivity index (χ0v) is 17.6. The summed E-state index contributed by atoms with van der Waals surface area (Å²) >= 11 is 0. The fourth-order valence-corrected chi connectivity index (χ4v) is 4.67. The first-order chi connectivity index (χ1) is 14.6. The van der Waals surface area contributed by atoms with Crippen LogP contribution < -0.4 is 10.1 Å². The quantitative estimate of drug-likeness (QED) is 0.716. The Kier molecular flexibility index (Phi) is 4.91. The highest BCUT2D eigenvalue weighted by atomic mass is 16.5. The van der Waals surface area contributed by atoms with E-state index in [2.05, 4.69) is 36.2 Å². The molecule has 5 rings (SSSR count). The number of aromatic nitrogens is 1. The lowest BCUT2D eigenvalue weighted by atomic mass is 9.93. The van der Waals surface area contributed by atoms with Gasteiger partial charge >= 0.3 is 0 Å². The number of hydrogen-bond acceptors (Lipinski definition) is 4. The van der Waals surface area contributed by atoms with Gasteiger partial charge in [0, 0.05) is 48.1 Å². The molecular weight excluding hydrogens is 374 g/mol. The van der Waals surface area contributed by atoms with E-state index in [4.69, 9.17) is 9.72 Å². The molecule has 1 atom stereocenters. The van der Waals surface area contributed by atoms with Gasteiger partial charge in [-0.1, -0.05) is 42.8 Å². The molecule has 0 spiro atoms. The summed E-state index contributed by atoms with van der Waals surface area (Å²) in [5.74, 6) is 0.859. The van der Waals surface area contributed by atoms with Crippen LogP contribution in [-0.4, -0.2) is 35.5 Å². The molecule has 2 aliphatic heterocycles. The van der Waals surface area contributed by atoms with E-state index in [-0.39, 0.29) is 11.9 Å². The second-order valence-corrected chi connectivity index (χ2v) is 8.25. The van der Waals surface area contributed by atoms with Crippen LogP contribution in [0.5, 0.6) is 5.75 Å². The van der Waals surface area contributed by atoms with Crippen molar-refractivity contribution in [1.29, 1.82) is 0 Å². The molecule has 0 aliphatic carbocycles. The van der Waals surface area contributed by atoms with E-state index in [1.165, 1.54) is 5.56 Å². The van der Waals surface area contributed by atoms with Gasteiger partial charge < -0.3 is 10.1 Å². The zero-order valence-electron chi connectivity index (χ0n) is 17.6. The Balaban J connectivity index is 1.57. The van der Waals surface area contributed by atoms with Crippen molar-refractivity contribution in [1.82, 2.24) is 15.2 Å². The molecule has 0 bridgehead atoms. The van der Waals surface area contributed by atoms with Crippen molar-refractivity contribution in [3.05, 3.63) is 70.4 Å². The molecule has 2 aromatic carbocycles. The van der Waals surface area contributed by atoms with Gasteiger partial charge in [-0.15, -0.1) is 0 Å². The summed E-state index contributed by atoms with van der Waals surface area (Å²) in [5.41, 5.74) is 6.06. The third-order valence-corrected chi connectivity index (χ3v) is 6.31. The van der Waals surface area contributed by atoms with Crippen LogP contribution in [-0.2, 0) is 13.0 Å². The molecule has 5 nitrogen and oxygen atoms in total. The molecule has 1 N–H and O–H groups in total. The number of carbonyl (C=O) groups excluding carboxylic acids is 1. The number of nitrogens with one attached hydrogen (secondary N) is 1. The van der Waals surface area contributed by atoms with E-state index in [0.29, 0.717) is 6.61 Å². The summed E-state index contributed by atoms with van der Waals surface area (Å²) in [6.07, 6.45) is 1.65. The number of fused-ring (bicyclic) bond motifs is 3. The molecule has 30 heavy (non-hydrogen) atoms. The Morgan fingerprint density at radius 2 is 2.13 bits per heavy atom. The average molecular weight is 402 g/mol. The first-order valence-electron chi connectivity index (χ1n) is 10.8. The van der Waals surface area contributed by atoms with Gasteiger partial charge in [-0.3, -0.25) is 14.7 Å². The summed E-state index contributed by atoms with van der Waals surface area (Å²) in [4.78, 5) is 21.0. The number of aryl methyl sites for hydroxylation is 1. The number of nitrogens with zero attached hydrogens (tertiary/aromatic N) is 2. The van der Waals surface area contributed by atoms with Gasteiger partial charge in [0.15, 0.2) is 0 Å². The van der Waals surface area contributed by atoms with Crippen LogP contribution in [0, 0.1) is 6.92 Å². The van der Waals surface area contributed by atoms with Crippen molar-refractivity contribution < 1.29 is 9.53 Å². The molecule has 154 valence electrons. The van der Waals surface area contributed by atoms with Crippen LogP contribution in [0.15, 0.2) is 42.5 Å². The van der Waals surface area contributed by atoms with Gasteiger partial charge in [0.2, 0.25) is 0 Å². The van der Waals surface area contributed by atoms with Crippen LogP contribution in [0.1, 0.15) is 52.1 Å². The fraction of sp³-hybridized carbons (Fsp3) is 0.360. The van der Waals surface area contributed by atoms with Crippen molar-refractivity contribution in [3.63, 3.8) is 0 Å². The molecule has 0 radical (unpaired) electrons. The Bertz CT molecular complexity index is 1120. The van der Waals surface area contributed by atoms with Crippen molar-refractivity contribution in [2.75, 3.05) is 19.7 Å². The van der Waals surface area contributed by atoms with Crippen molar-refractivity contribution in [2.45, 2.75) is 39.3 Å². The maximum atomic E-state index is 13.7. The number of amides is 1. The molecule has 1 aromatic heterocycles. The summed E-state index contributed by atoms with van der Waals surface area (Å²) in [6.45, 7) is 7.58. The summed E-state index contributed by atoms with van der Waals surface area (Å²) in [5, 5.41) is 4.26. The molecule has 3 heterocycles. The molecule has 2 aliphatic rings. The number of carbonyl (C=O) groups is 1. The standard InChI is InChI=1S/C25H27N3O2/c1-3-28-12-10-21-19(15-28)24(17-6-4-5-7-20(17)26-21)25(29)27-22-11-13-30-23-9-8-16(2)14-18(22)23/h4-9,14,22H,3,10-13,15H2,1-2H3,(H,27,29). The Labute approximate surface area is 177 Å². The Morgan fingerprint density at radius 1 is 1.27 bits per heavy atom. The van der Waals surface area contributed by atoms with Crippen molar-refractivity contribution in [3.8, 4) is 5.75 Å². The monoisotopic (exact) mass is 401 g/mol. The number of rotatable bonds is 3. The number of para-hydroxylation sites is 1. The lowest BCUT2D eigenvalue weighted by Crippen LogP contribution is -2.36. The highest BCUT2D eigenvalue weighted by Crippen LogP contribution is 2.34. The van der Waals surface area contributed by atoms with Gasteiger partial charge in [-0.2, -0.15) is 0 Å². The van der Waals surface area contributed by atoms with E-state index < -0.39 is 0 Å². The maximum Gasteiger partial charge on any atom is 0.252 e. The van der Waals surface area contributed by atoms with Gasteiger partial charge in [-0.05, 0) is 25.6 Å². The lowest BCUT2D eigenvalue weighted by molar-refractivity contribution is 0.0923. The minimum Gasteiger partial charge on any atom is -0.493 e. The first kappa shape index (κ1) is 19.1.